The van der Waals surface area contributed by atoms with Gasteiger partial charge in [0.25, 0.3) is 0 Å². The zero-order chi connectivity index (χ0) is 20.2. The molecule has 1 N–H and O–H groups in total. The predicted molar refractivity (Wildman–Crippen MR) is 115 cm³/mol. The van der Waals surface area contributed by atoms with Crippen LogP contribution in [0.4, 0.5) is 16.2 Å². The average Bonchev–Trinajstić information content (AvgIpc) is 3.10. The molecule has 2 heterocycles. The van der Waals surface area contributed by atoms with E-state index in [2.05, 4.69) is 40.6 Å². The Kier molecular flexibility index (Phi) is 5.62. The molecule has 0 atom stereocenters. The number of carbonyl (C=O) groups is 2. The molecule has 2 aromatic rings. The standard InChI is InChI=1S/C23H26N4O2/c1-18(28)24-20-9-11-21(12-10-20)26-14-15-27(23(26)29)22-8-5-13-25(17-22)16-19-6-3-2-4-7-19/h2-4,6-12H,5,13-17H2,1H3,(H,24,28). The first kappa shape index (κ1) is 19.2. The van der Waals surface area contributed by atoms with E-state index < -0.39 is 0 Å². The second-order valence-corrected chi connectivity index (χ2v) is 7.49. The second-order valence-electron chi connectivity index (χ2n) is 7.49. The number of benzene rings is 2. The van der Waals surface area contributed by atoms with E-state index in [9.17, 15) is 9.59 Å². The molecule has 2 aliphatic rings. The van der Waals surface area contributed by atoms with Crippen molar-refractivity contribution in [2.75, 3.05) is 36.4 Å². The van der Waals surface area contributed by atoms with Crippen molar-refractivity contribution in [3.63, 3.8) is 0 Å². The van der Waals surface area contributed by atoms with E-state index in [1.165, 1.54) is 12.5 Å². The molecule has 4 rings (SSSR count). The third kappa shape index (κ3) is 4.49. The van der Waals surface area contributed by atoms with E-state index in [1.54, 1.807) is 4.90 Å². The highest BCUT2D eigenvalue weighted by Crippen LogP contribution is 2.26. The van der Waals surface area contributed by atoms with Crippen LogP contribution in [-0.4, -0.2) is 47.9 Å². The lowest BCUT2D eigenvalue weighted by Gasteiger charge is -2.31. The lowest BCUT2D eigenvalue weighted by atomic mass is 10.1. The number of urea groups is 1. The van der Waals surface area contributed by atoms with Gasteiger partial charge in [-0.3, -0.25) is 19.5 Å². The summed E-state index contributed by atoms with van der Waals surface area (Å²) in [5.74, 6) is -0.106. The van der Waals surface area contributed by atoms with E-state index in [4.69, 9.17) is 0 Å². The quantitative estimate of drug-likeness (QED) is 0.847. The number of hydrogen-bond acceptors (Lipinski definition) is 3. The van der Waals surface area contributed by atoms with Gasteiger partial charge in [0.2, 0.25) is 5.91 Å². The lowest BCUT2D eigenvalue weighted by Crippen LogP contribution is -2.38. The van der Waals surface area contributed by atoms with Gasteiger partial charge >= 0.3 is 6.03 Å². The monoisotopic (exact) mass is 390 g/mol. The van der Waals surface area contributed by atoms with Crippen molar-refractivity contribution in [3.8, 4) is 0 Å². The molecule has 3 amide bonds. The summed E-state index contributed by atoms with van der Waals surface area (Å²) >= 11 is 0. The van der Waals surface area contributed by atoms with Crippen molar-refractivity contribution in [1.29, 1.82) is 0 Å². The molecule has 2 aliphatic heterocycles. The molecule has 1 fully saturated rings. The van der Waals surface area contributed by atoms with E-state index in [-0.39, 0.29) is 11.9 Å². The summed E-state index contributed by atoms with van der Waals surface area (Å²) in [6.07, 6.45) is 3.15. The van der Waals surface area contributed by atoms with E-state index >= 15 is 0 Å². The molecule has 0 aliphatic carbocycles. The zero-order valence-corrected chi connectivity index (χ0v) is 16.7. The van der Waals surface area contributed by atoms with Crippen molar-refractivity contribution in [3.05, 3.63) is 71.9 Å². The van der Waals surface area contributed by atoms with E-state index in [0.717, 1.165) is 43.1 Å². The van der Waals surface area contributed by atoms with E-state index in [0.29, 0.717) is 13.1 Å². The van der Waals surface area contributed by atoms with Crippen LogP contribution in [0.5, 0.6) is 0 Å². The predicted octanol–water partition coefficient (Wildman–Crippen LogP) is 3.68. The van der Waals surface area contributed by atoms with Crippen molar-refractivity contribution in [2.24, 2.45) is 0 Å². The van der Waals surface area contributed by atoms with Crippen LogP contribution >= 0.6 is 0 Å². The molecule has 0 spiro atoms. The summed E-state index contributed by atoms with van der Waals surface area (Å²) in [5, 5.41) is 2.75. The minimum Gasteiger partial charge on any atom is -0.326 e. The Morgan fingerprint density at radius 2 is 1.69 bits per heavy atom. The molecule has 150 valence electrons. The Labute approximate surface area is 171 Å². The zero-order valence-electron chi connectivity index (χ0n) is 16.7. The van der Waals surface area contributed by atoms with Crippen LogP contribution in [0, 0.1) is 0 Å². The number of hydrogen-bond donors (Lipinski definition) is 1. The van der Waals surface area contributed by atoms with Gasteiger partial charge in [0.05, 0.1) is 0 Å². The summed E-state index contributed by atoms with van der Waals surface area (Å²) in [5.41, 5.74) is 3.97. The van der Waals surface area contributed by atoms with Gasteiger partial charge in [0.1, 0.15) is 0 Å². The van der Waals surface area contributed by atoms with Crippen molar-refractivity contribution in [2.45, 2.75) is 19.9 Å². The Morgan fingerprint density at radius 1 is 0.966 bits per heavy atom. The fraction of sp³-hybridized carbons (Fsp3) is 0.304. The fourth-order valence-electron chi connectivity index (χ4n) is 3.93. The summed E-state index contributed by atoms with van der Waals surface area (Å²) in [7, 11) is 0. The summed E-state index contributed by atoms with van der Waals surface area (Å²) in [6, 6.07) is 17.9. The van der Waals surface area contributed by atoms with Crippen LogP contribution in [0.25, 0.3) is 0 Å². The Hall–Kier alpha value is -3.12. The highest BCUT2D eigenvalue weighted by molar-refractivity contribution is 5.96. The minimum atomic E-state index is -0.106. The first-order chi connectivity index (χ1) is 14.1. The fourth-order valence-corrected chi connectivity index (χ4v) is 3.93. The number of amides is 3. The van der Waals surface area contributed by atoms with Crippen LogP contribution < -0.4 is 10.2 Å². The molecular weight excluding hydrogens is 364 g/mol. The second kappa shape index (κ2) is 8.49. The van der Waals surface area contributed by atoms with Crippen LogP contribution in [0.3, 0.4) is 0 Å². The van der Waals surface area contributed by atoms with Crippen LogP contribution in [0.2, 0.25) is 0 Å². The average molecular weight is 390 g/mol. The maximum Gasteiger partial charge on any atom is 0.328 e. The largest absolute Gasteiger partial charge is 0.328 e. The molecule has 6 nitrogen and oxygen atoms in total. The van der Waals surface area contributed by atoms with Crippen LogP contribution in [0.1, 0.15) is 18.9 Å². The smallest absolute Gasteiger partial charge is 0.326 e. The van der Waals surface area contributed by atoms with E-state index in [1.807, 2.05) is 35.2 Å². The molecule has 1 saturated heterocycles. The first-order valence-corrected chi connectivity index (χ1v) is 10.0. The third-order valence-corrected chi connectivity index (χ3v) is 5.31. The highest BCUT2D eigenvalue weighted by Gasteiger charge is 2.33. The van der Waals surface area contributed by atoms with Crippen LogP contribution in [-0.2, 0) is 11.3 Å². The molecule has 0 radical (unpaired) electrons. The number of rotatable bonds is 5. The van der Waals surface area contributed by atoms with Gasteiger partial charge in [-0.15, -0.1) is 0 Å². The third-order valence-electron chi connectivity index (χ3n) is 5.31. The Morgan fingerprint density at radius 3 is 2.41 bits per heavy atom. The molecule has 0 bridgehead atoms. The summed E-state index contributed by atoms with van der Waals surface area (Å²) < 4.78 is 0. The van der Waals surface area contributed by atoms with Gasteiger partial charge < -0.3 is 5.32 Å². The van der Waals surface area contributed by atoms with Gasteiger partial charge in [-0.05, 0) is 36.2 Å². The summed E-state index contributed by atoms with van der Waals surface area (Å²) in [4.78, 5) is 30.3. The molecule has 29 heavy (non-hydrogen) atoms. The Bertz CT molecular complexity index is 908. The minimum absolute atomic E-state index is 0.0186. The normalized spacial score (nSPS) is 17.4. The first-order valence-electron chi connectivity index (χ1n) is 10.0. The van der Waals surface area contributed by atoms with Gasteiger partial charge in [-0.2, -0.15) is 0 Å². The Balaban J connectivity index is 1.40. The van der Waals surface area contributed by atoms with Gasteiger partial charge in [0, 0.05) is 56.7 Å². The van der Waals surface area contributed by atoms with Crippen molar-refractivity contribution < 1.29 is 9.59 Å². The van der Waals surface area contributed by atoms with Crippen LogP contribution in [0.15, 0.2) is 66.4 Å². The maximum atomic E-state index is 13.1. The maximum absolute atomic E-state index is 13.1. The molecular formula is C23H26N4O2. The van der Waals surface area contributed by atoms with Gasteiger partial charge in [-0.1, -0.05) is 36.4 Å². The van der Waals surface area contributed by atoms with Gasteiger partial charge in [0.15, 0.2) is 0 Å². The van der Waals surface area contributed by atoms with Crippen molar-refractivity contribution >= 4 is 23.3 Å². The number of carbonyl (C=O) groups excluding carboxylic acids is 2. The summed E-state index contributed by atoms with van der Waals surface area (Å²) in [6.45, 7) is 5.53. The van der Waals surface area contributed by atoms with Crippen molar-refractivity contribution in [1.82, 2.24) is 9.80 Å². The molecule has 2 aromatic carbocycles. The SMILES string of the molecule is CC(=O)Nc1ccc(N2CCN(C3=CCCN(Cc4ccccc4)C3)C2=O)cc1. The molecule has 6 heteroatoms. The molecule has 0 saturated carbocycles. The number of nitrogens with one attached hydrogen (secondary N) is 1. The molecule has 0 unspecified atom stereocenters. The topological polar surface area (TPSA) is 55.9 Å². The number of nitrogens with zero attached hydrogens (tertiary/aromatic N) is 3. The van der Waals surface area contributed by atoms with Gasteiger partial charge in [-0.25, -0.2) is 4.79 Å². The number of anilines is 2. The highest BCUT2D eigenvalue weighted by atomic mass is 16.2. The molecule has 0 aromatic heterocycles. The lowest BCUT2D eigenvalue weighted by molar-refractivity contribution is -0.114.